The van der Waals surface area contributed by atoms with E-state index in [0.29, 0.717) is 15.7 Å². The summed E-state index contributed by atoms with van der Waals surface area (Å²) in [6.45, 7) is 2.04. The molecular formula is C21H20N2O2S2. The number of aryl methyl sites for hydroxylation is 1. The number of rotatable bonds is 5. The van der Waals surface area contributed by atoms with Gasteiger partial charge >= 0.3 is 5.97 Å². The minimum absolute atomic E-state index is 0.374. The van der Waals surface area contributed by atoms with Crippen LogP contribution in [0.2, 0.25) is 0 Å². The van der Waals surface area contributed by atoms with Crippen LogP contribution < -0.4 is 10.6 Å². The first-order valence-corrected chi connectivity index (χ1v) is 9.78. The number of carbonyl (C=O) groups is 1. The fourth-order valence-corrected chi connectivity index (χ4v) is 3.95. The highest BCUT2D eigenvalue weighted by Crippen LogP contribution is 2.31. The summed E-state index contributed by atoms with van der Waals surface area (Å²) >= 11 is 6.99. The van der Waals surface area contributed by atoms with Gasteiger partial charge < -0.3 is 15.4 Å². The molecular weight excluding hydrogens is 376 g/mol. The molecule has 2 aromatic carbocycles. The number of hydrogen-bond acceptors (Lipinski definition) is 4. The molecule has 0 aliphatic carbocycles. The van der Waals surface area contributed by atoms with Gasteiger partial charge in [0.1, 0.15) is 5.00 Å². The molecule has 138 valence electrons. The maximum atomic E-state index is 12.0. The van der Waals surface area contributed by atoms with E-state index in [-0.39, 0.29) is 5.97 Å². The van der Waals surface area contributed by atoms with Crippen molar-refractivity contribution in [2.24, 2.45) is 0 Å². The van der Waals surface area contributed by atoms with E-state index in [1.807, 2.05) is 55.5 Å². The molecule has 0 aliphatic rings. The van der Waals surface area contributed by atoms with Gasteiger partial charge in [0.25, 0.3) is 0 Å². The zero-order valence-corrected chi connectivity index (χ0v) is 16.7. The standard InChI is InChI=1S/C21H20N2O2S2/c1-3-15-13-17(20(24)25-2)19(27-15)23-21(26)22-18-12-8-7-11-16(18)14-9-5-4-6-10-14/h4-13H,3H2,1-2H3,(H2,22,23,26). The van der Waals surface area contributed by atoms with Gasteiger partial charge in [-0.1, -0.05) is 55.5 Å². The molecule has 0 saturated carbocycles. The van der Waals surface area contributed by atoms with Crippen molar-refractivity contribution in [3.8, 4) is 11.1 Å². The molecule has 0 bridgehead atoms. The molecule has 0 atom stereocenters. The number of para-hydroxylation sites is 1. The van der Waals surface area contributed by atoms with Crippen LogP contribution in [0.5, 0.6) is 0 Å². The minimum Gasteiger partial charge on any atom is -0.465 e. The zero-order valence-electron chi connectivity index (χ0n) is 15.1. The maximum absolute atomic E-state index is 12.0. The second kappa shape index (κ2) is 8.79. The molecule has 2 N–H and O–H groups in total. The average molecular weight is 397 g/mol. The predicted molar refractivity (Wildman–Crippen MR) is 117 cm³/mol. The Labute approximate surface area is 168 Å². The monoisotopic (exact) mass is 396 g/mol. The normalized spacial score (nSPS) is 10.3. The molecule has 0 spiro atoms. The van der Waals surface area contributed by atoms with E-state index in [9.17, 15) is 4.79 Å². The van der Waals surface area contributed by atoms with Gasteiger partial charge in [0, 0.05) is 16.1 Å². The van der Waals surface area contributed by atoms with Crippen LogP contribution in [0.15, 0.2) is 60.7 Å². The molecule has 3 aromatic rings. The van der Waals surface area contributed by atoms with Crippen LogP contribution >= 0.6 is 23.6 Å². The van der Waals surface area contributed by atoms with Crippen molar-refractivity contribution in [3.05, 3.63) is 71.1 Å². The van der Waals surface area contributed by atoms with Crippen molar-refractivity contribution >= 4 is 45.3 Å². The van der Waals surface area contributed by atoms with Crippen LogP contribution in [0.4, 0.5) is 10.7 Å². The number of carbonyl (C=O) groups excluding carboxylic acids is 1. The Bertz CT molecular complexity index is 952. The Hall–Kier alpha value is -2.70. The van der Waals surface area contributed by atoms with E-state index in [2.05, 4.69) is 22.8 Å². The molecule has 6 heteroatoms. The van der Waals surface area contributed by atoms with Gasteiger partial charge in [0.05, 0.1) is 12.7 Å². The van der Waals surface area contributed by atoms with E-state index in [0.717, 1.165) is 28.1 Å². The van der Waals surface area contributed by atoms with Crippen LogP contribution in [0.1, 0.15) is 22.2 Å². The molecule has 0 amide bonds. The molecule has 1 aromatic heterocycles. The Morgan fingerprint density at radius 3 is 2.48 bits per heavy atom. The van der Waals surface area contributed by atoms with Crippen molar-refractivity contribution in [2.75, 3.05) is 17.7 Å². The molecule has 0 saturated heterocycles. The lowest BCUT2D eigenvalue weighted by atomic mass is 10.0. The Morgan fingerprint density at radius 2 is 1.78 bits per heavy atom. The highest BCUT2D eigenvalue weighted by Gasteiger charge is 2.17. The van der Waals surface area contributed by atoms with Crippen LogP contribution in [0.25, 0.3) is 11.1 Å². The highest BCUT2D eigenvalue weighted by molar-refractivity contribution is 7.80. The predicted octanol–water partition coefficient (Wildman–Crippen LogP) is 5.57. The number of nitrogens with one attached hydrogen (secondary N) is 2. The summed E-state index contributed by atoms with van der Waals surface area (Å²) in [6.07, 6.45) is 0.841. The summed E-state index contributed by atoms with van der Waals surface area (Å²) in [5.74, 6) is -0.374. The highest BCUT2D eigenvalue weighted by atomic mass is 32.1. The average Bonchev–Trinajstić information content (AvgIpc) is 3.11. The fraction of sp³-hybridized carbons (Fsp3) is 0.143. The van der Waals surface area contributed by atoms with E-state index in [1.165, 1.54) is 18.4 Å². The number of esters is 1. The molecule has 0 unspecified atom stereocenters. The van der Waals surface area contributed by atoms with Gasteiger partial charge in [-0.15, -0.1) is 11.3 Å². The minimum atomic E-state index is -0.374. The summed E-state index contributed by atoms with van der Waals surface area (Å²) in [5.41, 5.74) is 3.55. The molecule has 4 nitrogen and oxygen atoms in total. The summed E-state index contributed by atoms with van der Waals surface area (Å²) in [4.78, 5) is 13.1. The third kappa shape index (κ3) is 4.53. The van der Waals surface area contributed by atoms with Crippen molar-refractivity contribution in [3.63, 3.8) is 0 Å². The second-order valence-corrected chi connectivity index (χ2v) is 7.34. The quantitative estimate of drug-likeness (QED) is 0.436. The van der Waals surface area contributed by atoms with Crippen molar-refractivity contribution < 1.29 is 9.53 Å². The summed E-state index contributed by atoms with van der Waals surface area (Å²) in [6, 6.07) is 19.9. The van der Waals surface area contributed by atoms with Crippen LogP contribution in [0.3, 0.4) is 0 Å². The van der Waals surface area contributed by atoms with E-state index >= 15 is 0 Å². The topological polar surface area (TPSA) is 50.4 Å². The van der Waals surface area contributed by atoms with Gasteiger partial charge in [-0.2, -0.15) is 0 Å². The molecule has 1 heterocycles. The van der Waals surface area contributed by atoms with Gasteiger partial charge in [-0.3, -0.25) is 0 Å². The molecule has 0 radical (unpaired) electrons. The Balaban J connectivity index is 1.82. The number of thiocarbonyl (C=S) groups is 1. The first kappa shape index (κ1) is 19.1. The van der Waals surface area contributed by atoms with E-state index in [4.69, 9.17) is 17.0 Å². The third-order valence-electron chi connectivity index (χ3n) is 4.02. The van der Waals surface area contributed by atoms with E-state index in [1.54, 1.807) is 0 Å². The number of anilines is 2. The maximum Gasteiger partial charge on any atom is 0.340 e. The summed E-state index contributed by atoms with van der Waals surface area (Å²) in [7, 11) is 1.38. The lowest BCUT2D eigenvalue weighted by Gasteiger charge is -2.14. The van der Waals surface area contributed by atoms with Crippen molar-refractivity contribution in [1.29, 1.82) is 0 Å². The number of hydrogen-bond donors (Lipinski definition) is 2. The first-order valence-electron chi connectivity index (χ1n) is 8.55. The smallest absolute Gasteiger partial charge is 0.340 e. The van der Waals surface area contributed by atoms with Crippen LogP contribution in [0, 0.1) is 0 Å². The van der Waals surface area contributed by atoms with Gasteiger partial charge in [0.2, 0.25) is 0 Å². The molecule has 0 fully saturated rings. The Kier molecular flexibility index (Phi) is 6.21. The van der Waals surface area contributed by atoms with Gasteiger partial charge in [0.15, 0.2) is 5.11 Å². The summed E-state index contributed by atoms with van der Waals surface area (Å²) < 4.78 is 4.88. The van der Waals surface area contributed by atoms with Crippen LogP contribution in [-0.2, 0) is 11.2 Å². The fourth-order valence-electron chi connectivity index (χ4n) is 2.69. The van der Waals surface area contributed by atoms with Crippen LogP contribution in [-0.4, -0.2) is 18.2 Å². The number of benzene rings is 2. The third-order valence-corrected chi connectivity index (χ3v) is 5.42. The van der Waals surface area contributed by atoms with Crippen molar-refractivity contribution in [2.45, 2.75) is 13.3 Å². The molecule has 3 rings (SSSR count). The van der Waals surface area contributed by atoms with Gasteiger partial charge in [-0.25, -0.2) is 4.79 Å². The number of thiophene rings is 1. The van der Waals surface area contributed by atoms with E-state index < -0.39 is 0 Å². The first-order chi connectivity index (χ1) is 13.1. The van der Waals surface area contributed by atoms with Crippen molar-refractivity contribution in [1.82, 2.24) is 0 Å². The molecule has 27 heavy (non-hydrogen) atoms. The zero-order chi connectivity index (χ0) is 19.2. The lowest BCUT2D eigenvalue weighted by Crippen LogP contribution is -2.20. The number of ether oxygens (including phenoxy) is 1. The Morgan fingerprint density at radius 1 is 1.07 bits per heavy atom. The molecule has 0 aliphatic heterocycles. The van der Waals surface area contributed by atoms with Gasteiger partial charge in [-0.05, 0) is 36.3 Å². The summed E-state index contributed by atoms with van der Waals surface area (Å²) in [5, 5.41) is 7.50. The number of methoxy groups -OCH3 is 1. The SMILES string of the molecule is CCc1cc(C(=O)OC)c(NC(=S)Nc2ccccc2-c2ccccc2)s1. The lowest BCUT2D eigenvalue weighted by molar-refractivity contribution is 0.0602. The second-order valence-electron chi connectivity index (χ2n) is 5.79. The largest absolute Gasteiger partial charge is 0.465 e.